The molecule has 0 saturated heterocycles. The van der Waals surface area contributed by atoms with Crippen LogP contribution in [0.15, 0.2) is 12.3 Å². The number of hydrogen-bond acceptors (Lipinski definition) is 3. The number of halogens is 2. The Bertz CT molecular complexity index is 506. The molecular formula is C13H16F2N2O3. The molecule has 1 aromatic rings. The van der Waals surface area contributed by atoms with Gasteiger partial charge in [0.15, 0.2) is 5.82 Å². The van der Waals surface area contributed by atoms with E-state index < -0.39 is 35.1 Å². The molecule has 0 aliphatic heterocycles. The van der Waals surface area contributed by atoms with Crippen LogP contribution in [-0.4, -0.2) is 28.5 Å². The summed E-state index contributed by atoms with van der Waals surface area (Å²) < 4.78 is 26.2. The van der Waals surface area contributed by atoms with E-state index >= 15 is 0 Å². The van der Waals surface area contributed by atoms with E-state index in [-0.39, 0.29) is 12.5 Å². The number of pyridine rings is 1. The first-order valence-electron chi connectivity index (χ1n) is 6.14. The van der Waals surface area contributed by atoms with Crippen molar-refractivity contribution in [2.24, 2.45) is 11.8 Å². The molecule has 2 N–H and O–H groups in total. The number of nitrogens with zero attached hydrogens (tertiary/aromatic N) is 1. The van der Waals surface area contributed by atoms with Crippen molar-refractivity contribution in [1.82, 2.24) is 10.3 Å². The van der Waals surface area contributed by atoms with Crippen LogP contribution in [0.3, 0.4) is 0 Å². The minimum atomic E-state index is -1.37. The fourth-order valence-electron chi connectivity index (χ4n) is 1.75. The lowest BCUT2D eigenvalue weighted by Crippen LogP contribution is -2.34. The van der Waals surface area contributed by atoms with Gasteiger partial charge in [-0.05, 0) is 18.4 Å². The summed E-state index contributed by atoms with van der Waals surface area (Å²) in [5, 5.41) is 11.3. The third-order valence-corrected chi connectivity index (χ3v) is 2.71. The van der Waals surface area contributed by atoms with E-state index in [2.05, 4.69) is 10.3 Å². The molecule has 5 nitrogen and oxygen atoms in total. The number of aromatic nitrogens is 1. The number of nitrogens with one attached hydrogen (secondary N) is 1. The largest absolute Gasteiger partial charge is 0.481 e. The lowest BCUT2D eigenvalue weighted by molar-refractivity contribution is -0.142. The highest BCUT2D eigenvalue weighted by Crippen LogP contribution is 2.12. The predicted molar refractivity (Wildman–Crippen MR) is 67.1 cm³/mol. The quantitative estimate of drug-likeness (QED) is 0.782. The standard InChI is InChI=1S/C13H16F2N2O3/c1-7(2)5-8(13(19)20)6-17-12(18)9-3-4-16-11(15)10(9)14/h3-4,7-8H,5-6H2,1-2H3,(H,17,18)(H,19,20). The first-order valence-corrected chi connectivity index (χ1v) is 6.14. The Balaban J connectivity index is 2.70. The molecule has 0 aliphatic carbocycles. The normalized spacial score (nSPS) is 12.2. The molecule has 1 aromatic heterocycles. The SMILES string of the molecule is CC(C)CC(CNC(=O)c1ccnc(F)c1F)C(=O)O. The van der Waals surface area contributed by atoms with Crippen molar-refractivity contribution in [2.45, 2.75) is 20.3 Å². The third-order valence-electron chi connectivity index (χ3n) is 2.71. The summed E-state index contributed by atoms with van der Waals surface area (Å²) >= 11 is 0. The number of hydrogen-bond donors (Lipinski definition) is 2. The van der Waals surface area contributed by atoms with Gasteiger partial charge in [0.25, 0.3) is 5.91 Å². The van der Waals surface area contributed by atoms with Crippen molar-refractivity contribution in [2.75, 3.05) is 6.54 Å². The molecular weight excluding hydrogens is 270 g/mol. The number of carbonyl (C=O) groups is 2. The van der Waals surface area contributed by atoms with Gasteiger partial charge in [-0.3, -0.25) is 9.59 Å². The monoisotopic (exact) mass is 286 g/mol. The van der Waals surface area contributed by atoms with Gasteiger partial charge in [-0.1, -0.05) is 13.8 Å². The second-order valence-corrected chi connectivity index (χ2v) is 4.84. The van der Waals surface area contributed by atoms with Crippen LogP contribution in [0.2, 0.25) is 0 Å². The van der Waals surface area contributed by atoms with Crippen LogP contribution in [0.1, 0.15) is 30.6 Å². The molecule has 1 atom stereocenters. The molecule has 110 valence electrons. The molecule has 20 heavy (non-hydrogen) atoms. The second kappa shape index (κ2) is 6.93. The van der Waals surface area contributed by atoms with Gasteiger partial charge in [0.2, 0.25) is 5.95 Å². The molecule has 1 amide bonds. The van der Waals surface area contributed by atoms with E-state index in [1.165, 1.54) is 0 Å². The van der Waals surface area contributed by atoms with Gasteiger partial charge in [0, 0.05) is 12.7 Å². The van der Waals surface area contributed by atoms with Crippen LogP contribution in [-0.2, 0) is 4.79 Å². The summed E-state index contributed by atoms with van der Waals surface area (Å²) in [6, 6.07) is 1.03. The van der Waals surface area contributed by atoms with Gasteiger partial charge >= 0.3 is 5.97 Å². The van der Waals surface area contributed by atoms with Gasteiger partial charge in [-0.2, -0.15) is 4.39 Å². The fourth-order valence-corrected chi connectivity index (χ4v) is 1.75. The van der Waals surface area contributed by atoms with Crippen molar-refractivity contribution in [3.63, 3.8) is 0 Å². The van der Waals surface area contributed by atoms with Crippen molar-refractivity contribution < 1.29 is 23.5 Å². The van der Waals surface area contributed by atoms with Crippen LogP contribution >= 0.6 is 0 Å². The van der Waals surface area contributed by atoms with E-state index in [1.54, 1.807) is 0 Å². The van der Waals surface area contributed by atoms with Crippen LogP contribution < -0.4 is 5.32 Å². The molecule has 1 heterocycles. The third kappa shape index (κ3) is 4.25. The van der Waals surface area contributed by atoms with Gasteiger partial charge in [0.1, 0.15) is 0 Å². The minimum Gasteiger partial charge on any atom is -0.481 e. The molecule has 0 aromatic carbocycles. The summed E-state index contributed by atoms with van der Waals surface area (Å²) in [6.07, 6.45) is 1.35. The fraction of sp³-hybridized carbons (Fsp3) is 0.462. The van der Waals surface area contributed by atoms with Crippen LogP contribution in [0.4, 0.5) is 8.78 Å². The minimum absolute atomic E-state index is 0.142. The summed E-state index contributed by atoms with van der Waals surface area (Å²) in [5.74, 6) is -5.24. The number of carbonyl (C=O) groups excluding carboxylic acids is 1. The Hall–Kier alpha value is -2.05. The first-order chi connectivity index (χ1) is 9.32. The van der Waals surface area contributed by atoms with Gasteiger partial charge in [0.05, 0.1) is 11.5 Å². The number of amides is 1. The molecule has 0 bridgehead atoms. The number of carboxylic acid groups (broad SMARTS) is 1. The van der Waals surface area contributed by atoms with E-state index in [9.17, 15) is 18.4 Å². The maximum atomic E-state index is 13.3. The average Bonchev–Trinajstić information content (AvgIpc) is 2.36. The van der Waals surface area contributed by atoms with E-state index in [1.807, 2.05) is 13.8 Å². The van der Waals surface area contributed by atoms with Crippen molar-refractivity contribution in [3.8, 4) is 0 Å². The van der Waals surface area contributed by atoms with E-state index in [4.69, 9.17) is 5.11 Å². The molecule has 0 radical (unpaired) electrons. The zero-order valence-corrected chi connectivity index (χ0v) is 11.2. The Morgan fingerprint density at radius 2 is 2.05 bits per heavy atom. The Morgan fingerprint density at radius 1 is 1.40 bits per heavy atom. The van der Waals surface area contributed by atoms with Crippen LogP contribution in [0.5, 0.6) is 0 Å². The molecule has 0 saturated carbocycles. The first kappa shape index (κ1) is 16.0. The number of rotatable bonds is 6. The lowest BCUT2D eigenvalue weighted by Gasteiger charge is -2.15. The Labute approximate surface area is 115 Å². The molecule has 7 heteroatoms. The summed E-state index contributed by atoms with van der Waals surface area (Å²) in [4.78, 5) is 25.8. The van der Waals surface area contributed by atoms with Crippen LogP contribution in [0, 0.1) is 23.6 Å². The molecule has 0 spiro atoms. The summed E-state index contributed by atoms with van der Waals surface area (Å²) in [5.41, 5.74) is -0.494. The zero-order chi connectivity index (χ0) is 15.3. The van der Waals surface area contributed by atoms with Gasteiger partial charge in [-0.25, -0.2) is 9.37 Å². The Kier molecular flexibility index (Phi) is 5.54. The van der Waals surface area contributed by atoms with E-state index in [0.717, 1.165) is 12.3 Å². The molecule has 1 unspecified atom stereocenters. The Morgan fingerprint density at radius 3 is 2.60 bits per heavy atom. The van der Waals surface area contributed by atoms with Crippen molar-refractivity contribution in [3.05, 3.63) is 29.6 Å². The highest BCUT2D eigenvalue weighted by Gasteiger charge is 2.21. The van der Waals surface area contributed by atoms with Crippen molar-refractivity contribution in [1.29, 1.82) is 0 Å². The van der Waals surface area contributed by atoms with E-state index in [0.29, 0.717) is 6.42 Å². The zero-order valence-electron chi connectivity index (χ0n) is 11.2. The maximum Gasteiger partial charge on any atom is 0.308 e. The number of carboxylic acids is 1. The average molecular weight is 286 g/mol. The number of aliphatic carboxylic acids is 1. The predicted octanol–water partition coefficient (Wildman–Crippen LogP) is 1.84. The second-order valence-electron chi connectivity index (χ2n) is 4.84. The van der Waals surface area contributed by atoms with Crippen molar-refractivity contribution >= 4 is 11.9 Å². The summed E-state index contributed by atoms with van der Waals surface area (Å²) in [6.45, 7) is 3.57. The smallest absolute Gasteiger partial charge is 0.308 e. The highest BCUT2D eigenvalue weighted by molar-refractivity contribution is 5.94. The molecule has 0 aliphatic rings. The molecule has 0 fully saturated rings. The molecule has 1 rings (SSSR count). The van der Waals surface area contributed by atoms with Gasteiger partial charge in [-0.15, -0.1) is 0 Å². The van der Waals surface area contributed by atoms with Crippen LogP contribution in [0.25, 0.3) is 0 Å². The highest BCUT2D eigenvalue weighted by atomic mass is 19.2. The topological polar surface area (TPSA) is 79.3 Å². The summed E-state index contributed by atoms with van der Waals surface area (Å²) in [7, 11) is 0. The maximum absolute atomic E-state index is 13.3. The van der Waals surface area contributed by atoms with Gasteiger partial charge < -0.3 is 10.4 Å². The lowest BCUT2D eigenvalue weighted by atomic mass is 9.97.